The van der Waals surface area contributed by atoms with Gasteiger partial charge in [0.05, 0.1) is 5.92 Å². The van der Waals surface area contributed by atoms with Crippen LogP contribution >= 0.6 is 0 Å². The molecular weight excluding hydrogens is 178 g/mol. The maximum atomic E-state index is 10.5. The lowest BCUT2D eigenvalue weighted by Gasteiger charge is -2.16. The lowest BCUT2D eigenvalue weighted by atomic mass is 10.0. The number of rotatable bonds is 4. The van der Waals surface area contributed by atoms with Crippen LogP contribution in [0.25, 0.3) is 0 Å². The van der Waals surface area contributed by atoms with E-state index in [-0.39, 0.29) is 0 Å². The summed E-state index contributed by atoms with van der Waals surface area (Å²) < 4.78 is 0. The summed E-state index contributed by atoms with van der Waals surface area (Å²) in [7, 11) is 0. The van der Waals surface area contributed by atoms with Gasteiger partial charge >= 0.3 is 11.9 Å². The molecule has 0 aliphatic heterocycles. The fourth-order valence-corrected chi connectivity index (χ4v) is 0.762. The molecule has 0 aliphatic carbocycles. The van der Waals surface area contributed by atoms with E-state index in [0.29, 0.717) is 0 Å². The first-order valence-corrected chi connectivity index (χ1v) is 3.59. The van der Waals surface area contributed by atoms with Crippen LogP contribution in [0.5, 0.6) is 0 Å². The fourth-order valence-electron chi connectivity index (χ4n) is 0.762. The minimum absolute atomic E-state index is 0.569. The lowest BCUT2D eigenvalue weighted by molar-refractivity contribution is -0.151. The van der Waals surface area contributed by atoms with Crippen LogP contribution in [0.1, 0.15) is 13.8 Å². The van der Waals surface area contributed by atoms with Crippen molar-refractivity contribution in [3.05, 3.63) is 0 Å². The van der Waals surface area contributed by atoms with Crippen molar-refractivity contribution >= 4 is 17.8 Å². The second kappa shape index (κ2) is 4.44. The molecule has 0 bridgehead atoms. The third-order valence-electron chi connectivity index (χ3n) is 1.51. The number of hydrogen-bond acceptors (Lipinski definition) is 3. The van der Waals surface area contributed by atoms with Gasteiger partial charge in [-0.25, -0.2) is 4.79 Å². The molecule has 0 saturated heterocycles. The van der Waals surface area contributed by atoms with Gasteiger partial charge in [-0.05, 0) is 6.92 Å². The van der Waals surface area contributed by atoms with Gasteiger partial charge in [0.2, 0.25) is 5.91 Å². The highest BCUT2D eigenvalue weighted by Crippen LogP contribution is 2.03. The second-order valence-electron chi connectivity index (χ2n) is 2.64. The average Bonchev–Trinajstić information content (AvgIpc) is 1.97. The van der Waals surface area contributed by atoms with E-state index in [1.807, 2.05) is 5.32 Å². The Morgan fingerprint density at radius 3 is 1.85 bits per heavy atom. The molecule has 3 N–H and O–H groups in total. The number of carbonyl (C=O) groups excluding carboxylic acids is 1. The highest BCUT2D eigenvalue weighted by atomic mass is 16.4. The minimum atomic E-state index is -1.38. The number of hydrogen-bond donors (Lipinski definition) is 3. The minimum Gasteiger partial charge on any atom is -0.481 e. The molecule has 6 nitrogen and oxygen atoms in total. The van der Waals surface area contributed by atoms with E-state index in [0.717, 1.165) is 6.92 Å². The molecule has 0 aromatic heterocycles. The molecule has 0 saturated carbocycles. The quantitative estimate of drug-likeness (QED) is 0.542. The van der Waals surface area contributed by atoms with Gasteiger partial charge < -0.3 is 15.5 Å². The summed E-state index contributed by atoms with van der Waals surface area (Å²) in [6, 6.07) is -1.38. The molecule has 0 unspecified atom stereocenters. The van der Waals surface area contributed by atoms with Crippen molar-refractivity contribution in [2.24, 2.45) is 5.92 Å². The first kappa shape index (κ1) is 11.4. The Bertz CT molecular complexity index is 237. The molecular formula is C7H11NO5. The van der Waals surface area contributed by atoms with E-state index in [4.69, 9.17) is 10.2 Å². The smallest absolute Gasteiger partial charge is 0.327 e. The first-order chi connectivity index (χ1) is 5.86. The highest BCUT2D eigenvalue weighted by Gasteiger charge is 2.30. The molecule has 0 spiro atoms. The summed E-state index contributed by atoms with van der Waals surface area (Å²) in [6.07, 6.45) is 0. The zero-order valence-electron chi connectivity index (χ0n) is 7.27. The third-order valence-corrected chi connectivity index (χ3v) is 1.51. The number of carboxylic acids is 2. The van der Waals surface area contributed by atoms with Gasteiger partial charge in [0.25, 0.3) is 0 Å². The van der Waals surface area contributed by atoms with Gasteiger partial charge in [0, 0.05) is 6.92 Å². The average molecular weight is 189 g/mol. The monoisotopic (exact) mass is 189 g/mol. The Hall–Kier alpha value is -1.59. The standard InChI is InChI=1S/C7H11NO5/c1-3(6(10)11)5(7(12)13)8-4(2)9/h3,5H,1-2H3,(H,8,9)(H,10,11)(H,12,13)/t3-,5+/m1/s1. The normalized spacial score (nSPS) is 14.3. The van der Waals surface area contributed by atoms with Crippen molar-refractivity contribution in [1.29, 1.82) is 0 Å². The number of carboxylic acid groups (broad SMARTS) is 2. The van der Waals surface area contributed by atoms with E-state index in [1.54, 1.807) is 0 Å². The van der Waals surface area contributed by atoms with Crippen molar-refractivity contribution in [1.82, 2.24) is 5.32 Å². The molecule has 0 fully saturated rings. The number of aliphatic carboxylic acids is 2. The molecule has 0 aromatic rings. The molecule has 0 heterocycles. The summed E-state index contributed by atoms with van der Waals surface area (Å²) in [5, 5.41) is 19.1. The van der Waals surface area contributed by atoms with E-state index < -0.39 is 29.8 Å². The van der Waals surface area contributed by atoms with Gasteiger partial charge in [-0.15, -0.1) is 0 Å². The maximum absolute atomic E-state index is 10.5. The van der Waals surface area contributed by atoms with Gasteiger partial charge in [0.1, 0.15) is 6.04 Å². The van der Waals surface area contributed by atoms with E-state index in [2.05, 4.69) is 0 Å². The maximum Gasteiger partial charge on any atom is 0.327 e. The molecule has 13 heavy (non-hydrogen) atoms. The summed E-state index contributed by atoms with van der Waals surface area (Å²) in [5.74, 6) is -4.34. The third kappa shape index (κ3) is 3.55. The van der Waals surface area contributed by atoms with Gasteiger partial charge in [-0.3, -0.25) is 9.59 Å². The summed E-state index contributed by atoms with van der Waals surface area (Å²) >= 11 is 0. The molecule has 0 aromatic carbocycles. The Kier molecular flexibility index (Phi) is 3.90. The number of amides is 1. The largest absolute Gasteiger partial charge is 0.481 e. The molecule has 2 atom stereocenters. The lowest BCUT2D eigenvalue weighted by Crippen LogP contribution is -2.46. The van der Waals surface area contributed by atoms with Crippen LogP contribution in [0, 0.1) is 5.92 Å². The Labute approximate surface area is 74.6 Å². The SMILES string of the molecule is CC(=O)N[C@H](C(=O)O)[C@@H](C)C(=O)O. The molecule has 0 radical (unpaired) electrons. The fraction of sp³-hybridized carbons (Fsp3) is 0.571. The zero-order valence-corrected chi connectivity index (χ0v) is 7.27. The molecule has 0 rings (SSSR count). The summed E-state index contributed by atoms with van der Waals surface area (Å²) in [4.78, 5) is 31.4. The number of nitrogens with one attached hydrogen (secondary N) is 1. The first-order valence-electron chi connectivity index (χ1n) is 3.59. The predicted octanol–water partition coefficient (Wildman–Crippen LogP) is -0.704. The van der Waals surface area contributed by atoms with Crippen molar-refractivity contribution in [3.63, 3.8) is 0 Å². The highest BCUT2D eigenvalue weighted by molar-refractivity contribution is 5.87. The van der Waals surface area contributed by atoms with E-state index in [1.165, 1.54) is 6.92 Å². The Balaban J connectivity index is 4.51. The summed E-state index contributed by atoms with van der Waals surface area (Å²) in [6.45, 7) is 2.35. The van der Waals surface area contributed by atoms with Crippen LogP contribution in [0.4, 0.5) is 0 Å². The summed E-state index contributed by atoms with van der Waals surface area (Å²) in [5.41, 5.74) is 0. The van der Waals surface area contributed by atoms with Crippen LogP contribution in [-0.2, 0) is 14.4 Å². The van der Waals surface area contributed by atoms with Crippen molar-refractivity contribution in [3.8, 4) is 0 Å². The predicted molar refractivity (Wildman–Crippen MR) is 42.0 cm³/mol. The van der Waals surface area contributed by atoms with E-state index >= 15 is 0 Å². The number of carbonyl (C=O) groups is 3. The molecule has 1 amide bonds. The van der Waals surface area contributed by atoms with Crippen LogP contribution in [-0.4, -0.2) is 34.1 Å². The van der Waals surface area contributed by atoms with Crippen LogP contribution in [0.3, 0.4) is 0 Å². The topological polar surface area (TPSA) is 104 Å². The van der Waals surface area contributed by atoms with Gasteiger partial charge in [-0.2, -0.15) is 0 Å². The molecule has 0 aliphatic rings. The van der Waals surface area contributed by atoms with Gasteiger partial charge in [0.15, 0.2) is 0 Å². The molecule has 74 valence electrons. The Morgan fingerprint density at radius 2 is 1.62 bits per heavy atom. The van der Waals surface area contributed by atoms with Crippen LogP contribution in [0.15, 0.2) is 0 Å². The van der Waals surface area contributed by atoms with E-state index in [9.17, 15) is 14.4 Å². The molecule has 6 heteroatoms. The van der Waals surface area contributed by atoms with Crippen LogP contribution < -0.4 is 5.32 Å². The van der Waals surface area contributed by atoms with Crippen molar-refractivity contribution in [2.45, 2.75) is 19.9 Å². The Morgan fingerprint density at radius 1 is 1.15 bits per heavy atom. The van der Waals surface area contributed by atoms with Crippen molar-refractivity contribution < 1.29 is 24.6 Å². The zero-order chi connectivity index (χ0) is 10.6. The van der Waals surface area contributed by atoms with Crippen LogP contribution in [0.2, 0.25) is 0 Å². The van der Waals surface area contributed by atoms with Crippen molar-refractivity contribution in [2.75, 3.05) is 0 Å². The van der Waals surface area contributed by atoms with Gasteiger partial charge in [-0.1, -0.05) is 0 Å². The second-order valence-corrected chi connectivity index (χ2v) is 2.64.